The van der Waals surface area contributed by atoms with Gasteiger partial charge in [0, 0.05) is 32.7 Å². The fraction of sp³-hybridized carbons (Fsp3) is 0.909. The predicted octanol–water partition coefficient (Wildman–Crippen LogP) is 1.67. The minimum atomic E-state index is 0.214. The van der Waals surface area contributed by atoms with Crippen LogP contribution in [-0.4, -0.2) is 37.6 Å². The third kappa shape index (κ3) is 3.29. The third-order valence-corrected chi connectivity index (χ3v) is 2.79. The molecule has 3 heteroatoms. The molecule has 1 saturated heterocycles. The second-order valence-electron chi connectivity index (χ2n) is 4.00. The van der Waals surface area contributed by atoms with Gasteiger partial charge in [0.15, 0.2) is 0 Å². The van der Waals surface area contributed by atoms with Crippen molar-refractivity contribution in [2.24, 2.45) is 5.92 Å². The van der Waals surface area contributed by atoms with Crippen molar-refractivity contribution < 1.29 is 9.53 Å². The lowest BCUT2D eigenvalue weighted by molar-refractivity contribution is -0.137. The summed E-state index contributed by atoms with van der Waals surface area (Å²) >= 11 is 0. The number of rotatable bonds is 4. The van der Waals surface area contributed by atoms with Gasteiger partial charge in [-0.1, -0.05) is 13.3 Å². The molecule has 1 rings (SSSR count). The number of carbonyl (C=O) groups is 1. The summed E-state index contributed by atoms with van der Waals surface area (Å²) < 4.78 is 5.24. The lowest BCUT2D eigenvalue weighted by Gasteiger charge is -2.26. The van der Waals surface area contributed by atoms with E-state index >= 15 is 0 Å². The minimum Gasteiger partial charge on any atom is -0.381 e. The zero-order valence-corrected chi connectivity index (χ0v) is 9.29. The highest BCUT2D eigenvalue weighted by molar-refractivity contribution is 5.78. The Balaban J connectivity index is 2.30. The summed E-state index contributed by atoms with van der Waals surface area (Å²) in [6.45, 7) is 4.54. The largest absolute Gasteiger partial charge is 0.381 e. The summed E-state index contributed by atoms with van der Waals surface area (Å²) in [5, 5.41) is 0. The highest BCUT2D eigenvalue weighted by Gasteiger charge is 2.23. The maximum Gasteiger partial charge on any atom is 0.225 e. The highest BCUT2D eigenvalue weighted by Crippen LogP contribution is 2.17. The zero-order chi connectivity index (χ0) is 10.4. The first-order valence-corrected chi connectivity index (χ1v) is 5.58. The molecule has 0 aromatic carbocycles. The van der Waals surface area contributed by atoms with Crippen LogP contribution in [0.4, 0.5) is 0 Å². The van der Waals surface area contributed by atoms with E-state index in [-0.39, 0.29) is 5.92 Å². The molecule has 0 spiro atoms. The molecule has 1 aliphatic heterocycles. The Morgan fingerprint density at radius 3 is 2.64 bits per heavy atom. The van der Waals surface area contributed by atoms with E-state index < -0.39 is 0 Å². The van der Waals surface area contributed by atoms with Crippen LogP contribution in [0.25, 0.3) is 0 Å². The van der Waals surface area contributed by atoms with Crippen LogP contribution in [0.3, 0.4) is 0 Å². The lowest BCUT2D eigenvalue weighted by atomic mass is 9.99. The molecule has 0 N–H and O–H groups in total. The number of nitrogens with zero attached hydrogens (tertiary/aromatic N) is 1. The van der Waals surface area contributed by atoms with Gasteiger partial charge in [-0.3, -0.25) is 4.79 Å². The van der Waals surface area contributed by atoms with E-state index in [0.29, 0.717) is 5.91 Å². The van der Waals surface area contributed by atoms with Crippen LogP contribution in [0.5, 0.6) is 0 Å². The zero-order valence-electron chi connectivity index (χ0n) is 9.29. The van der Waals surface area contributed by atoms with Crippen molar-refractivity contribution in [2.75, 3.05) is 26.8 Å². The normalized spacial score (nSPS) is 18.1. The van der Waals surface area contributed by atoms with Crippen molar-refractivity contribution >= 4 is 5.91 Å². The molecule has 0 atom stereocenters. The van der Waals surface area contributed by atoms with Gasteiger partial charge in [0.1, 0.15) is 0 Å². The fourth-order valence-corrected chi connectivity index (χ4v) is 1.76. The van der Waals surface area contributed by atoms with E-state index in [4.69, 9.17) is 4.74 Å². The molecule has 0 bridgehead atoms. The molecular formula is C11H21NO2. The molecule has 0 saturated carbocycles. The molecule has 0 aromatic heterocycles. The van der Waals surface area contributed by atoms with Crippen LogP contribution in [0.2, 0.25) is 0 Å². The summed E-state index contributed by atoms with van der Waals surface area (Å²) in [7, 11) is 1.91. The van der Waals surface area contributed by atoms with Crippen molar-refractivity contribution in [3.8, 4) is 0 Å². The summed E-state index contributed by atoms with van der Waals surface area (Å²) in [6, 6.07) is 0. The predicted molar refractivity (Wildman–Crippen MR) is 56.1 cm³/mol. The van der Waals surface area contributed by atoms with Crippen LogP contribution in [-0.2, 0) is 9.53 Å². The van der Waals surface area contributed by atoms with Crippen molar-refractivity contribution in [1.82, 2.24) is 4.90 Å². The summed E-state index contributed by atoms with van der Waals surface area (Å²) in [4.78, 5) is 13.7. The molecule has 0 aliphatic carbocycles. The van der Waals surface area contributed by atoms with Gasteiger partial charge in [0.2, 0.25) is 5.91 Å². The van der Waals surface area contributed by atoms with Crippen molar-refractivity contribution in [2.45, 2.75) is 32.6 Å². The van der Waals surface area contributed by atoms with Gasteiger partial charge >= 0.3 is 0 Å². The standard InChI is InChI=1S/C11H21NO2/c1-3-4-7-12(2)11(13)10-5-8-14-9-6-10/h10H,3-9H2,1-2H3. The van der Waals surface area contributed by atoms with Crippen molar-refractivity contribution in [1.29, 1.82) is 0 Å². The molecule has 0 radical (unpaired) electrons. The van der Waals surface area contributed by atoms with E-state index in [0.717, 1.165) is 45.4 Å². The van der Waals surface area contributed by atoms with Crippen LogP contribution in [0.1, 0.15) is 32.6 Å². The van der Waals surface area contributed by atoms with Crippen LogP contribution < -0.4 is 0 Å². The molecule has 1 heterocycles. The van der Waals surface area contributed by atoms with E-state index in [1.165, 1.54) is 0 Å². The molecule has 1 fully saturated rings. The van der Waals surface area contributed by atoms with E-state index in [9.17, 15) is 4.79 Å². The summed E-state index contributed by atoms with van der Waals surface area (Å²) in [5.74, 6) is 0.521. The van der Waals surface area contributed by atoms with Crippen molar-refractivity contribution in [3.05, 3.63) is 0 Å². The Labute approximate surface area is 86.4 Å². The second-order valence-corrected chi connectivity index (χ2v) is 4.00. The number of amides is 1. The monoisotopic (exact) mass is 199 g/mol. The first kappa shape index (κ1) is 11.5. The van der Waals surface area contributed by atoms with Gasteiger partial charge in [-0.15, -0.1) is 0 Å². The molecule has 0 aromatic rings. The van der Waals surface area contributed by atoms with Crippen LogP contribution in [0.15, 0.2) is 0 Å². The van der Waals surface area contributed by atoms with Crippen LogP contribution in [0, 0.1) is 5.92 Å². The average Bonchev–Trinajstić information content (AvgIpc) is 2.26. The molecule has 82 valence electrons. The number of unbranched alkanes of at least 4 members (excludes halogenated alkanes) is 1. The van der Waals surface area contributed by atoms with Gasteiger partial charge in [-0.2, -0.15) is 0 Å². The Kier molecular flexibility index (Phi) is 4.94. The first-order valence-electron chi connectivity index (χ1n) is 5.58. The highest BCUT2D eigenvalue weighted by atomic mass is 16.5. The first-order chi connectivity index (χ1) is 6.75. The minimum absolute atomic E-state index is 0.214. The summed E-state index contributed by atoms with van der Waals surface area (Å²) in [5.41, 5.74) is 0. The van der Waals surface area contributed by atoms with Gasteiger partial charge in [-0.05, 0) is 19.3 Å². The third-order valence-electron chi connectivity index (χ3n) is 2.79. The molecule has 0 unspecified atom stereocenters. The van der Waals surface area contributed by atoms with Gasteiger partial charge in [-0.25, -0.2) is 0 Å². The maximum absolute atomic E-state index is 11.9. The molecule has 1 amide bonds. The quantitative estimate of drug-likeness (QED) is 0.689. The molecule has 1 aliphatic rings. The summed E-state index contributed by atoms with van der Waals surface area (Å²) in [6.07, 6.45) is 4.04. The smallest absolute Gasteiger partial charge is 0.225 e. The Bertz CT molecular complexity index is 176. The van der Waals surface area contributed by atoms with Gasteiger partial charge in [0.25, 0.3) is 0 Å². The fourth-order valence-electron chi connectivity index (χ4n) is 1.76. The topological polar surface area (TPSA) is 29.5 Å². The number of hydrogen-bond acceptors (Lipinski definition) is 2. The Hall–Kier alpha value is -0.570. The number of hydrogen-bond donors (Lipinski definition) is 0. The SMILES string of the molecule is CCCCN(C)C(=O)C1CCOCC1. The Morgan fingerprint density at radius 1 is 1.43 bits per heavy atom. The van der Waals surface area contributed by atoms with E-state index in [1.807, 2.05) is 11.9 Å². The Morgan fingerprint density at radius 2 is 2.07 bits per heavy atom. The van der Waals surface area contributed by atoms with Gasteiger partial charge in [0.05, 0.1) is 0 Å². The molecule has 3 nitrogen and oxygen atoms in total. The van der Waals surface area contributed by atoms with E-state index in [1.54, 1.807) is 0 Å². The number of carbonyl (C=O) groups excluding carboxylic acids is 1. The second kappa shape index (κ2) is 6.02. The number of ether oxygens (including phenoxy) is 1. The van der Waals surface area contributed by atoms with Crippen LogP contribution >= 0.6 is 0 Å². The molecular weight excluding hydrogens is 178 g/mol. The maximum atomic E-state index is 11.9. The molecule has 14 heavy (non-hydrogen) atoms. The lowest BCUT2D eigenvalue weighted by Crippen LogP contribution is -2.36. The van der Waals surface area contributed by atoms with Crippen molar-refractivity contribution in [3.63, 3.8) is 0 Å². The average molecular weight is 199 g/mol. The van der Waals surface area contributed by atoms with E-state index in [2.05, 4.69) is 6.92 Å². The van der Waals surface area contributed by atoms with Gasteiger partial charge < -0.3 is 9.64 Å².